The van der Waals surface area contributed by atoms with E-state index in [0.29, 0.717) is 10.8 Å². The number of carbonyl (C=O) groups is 2. The molecule has 0 aliphatic heterocycles. The van der Waals surface area contributed by atoms with Crippen LogP contribution in [0.15, 0.2) is 48.2 Å². The van der Waals surface area contributed by atoms with Crippen LogP contribution >= 0.6 is 11.3 Å². The second-order valence-corrected chi connectivity index (χ2v) is 6.52. The number of hydrogen-bond acceptors (Lipinski definition) is 7. The number of rotatable bonds is 7. The molecule has 0 saturated heterocycles. The van der Waals surface area contributed by atoms with Crippen LogP contribution in [0.25, 0.3) is 22.5 Å². The molecule has 0 radical (unpaired) electrons. The highest BCUT2D eigenvalue weighted by Gasteiger charge is 2.21. The number of nitrogens with zero attached hydrogens (tertiary/aromatic N) is 3. The first kappa shape index (κ1) is 19.4. The second-order valence-electron chi connectivity index (χ2n) is 5.66. The summed E-state index contributed by atoms with van der Waals surface area (Å²) < 4.78 is 4.88. The zero-order valence-electron chi connectivity index (χ0n) is 14.8. The molecular formula is C18H17N5O4S. The largest absolute Gasteiger partial charge is 0.465 e. The van der Waals surface area contributed by atoms with Crippen LogP contribution in [-0.2, 0) is 9.53 Å². The normalized spacial score (nSPS) is 11.6. The van der Waals surface area contributed by atoms with Gasteiger partial charge in [-0.3, -0.25) is 4.79 Å². The summed E-state index contributed by atoms with van der Waals surface area (Å²) in [5, 5.41) is 15.7. The molecule has 9 nitrogen and oxygen atoms in total. The van der Waals surface area contributed by atoms with Crippen molar-refractivity contribution in [3.8, 4) is 22.5 Å². The summed E-state index contributed by atoms with van der Waals surface area (Å²) in [5.41, 5.74) is 3.27. The molecule has 0 aliphatic carbocycles. The van der Waals surface area contributed by atoms with Gasteiger partial charge in [-0.25, -0.2) is 19.7 Å². The van der Waals surface area contributed by atoms with Crippen molar-refractivity contribution in [2.24, 2.45) is 0 Å². The Morgan fingerprint density at radius 2 is 2.04 bits per heavy atom. The van der Waals surface area contributed by atoms with Gasteiger partial charge in [0.25, 0.3) is 5.91 Å². The van der Waals surface area contributed by atoms with E-state index in [-0.39, 0.29) is 6.61 Å². The molecule has 144 valence electrons. The maximum absolute atomic E-state index is 12.3. The van der Waals surface area contributed by atoms with Crippen molar-refractivity contribution in [2.45, 2.75) is 6.04 Å². The maximum atomic E-state index is 12.3. The number of ether oxygens (including phenoxy) is 1. The molecule has 2 amide bonds. The summed E-state index contributed by atoms with van der Waals surface area (Å²) in [4.78, 5) is 35.6. The van der Waals surface area contributed by atoms with Gasteiger partial charge in [0.1, 0.15) is 12.4 Å². The van der Waals surface area contributed by atoms with E-state index in [1.54, 1.807) is 6.20 Å². The van der Waals surface area contributed by atoms with Crippen LogP contribution in [0.3, 0.4) is 0 Å². The van der Waals surface area contributed by atoms with Crippen LogP contribution in [0.4, 0.5) is 9.93 Å². The van der Waals surface area contributed by atoms with E-state index in [0.717, 1.165) is 16.8 Å². The minimum atomic E-state index is -1.31. The summed E-state index contributed by atoms with van der Waals surface area (Å²) in [7, 11) is 1.38. The average molecular weight is 399 g/mol. The number of thiazole rings is 1. The highest BCUT2D eigenvalue weighted by Crippen LogP contribution is 2.28. The summed E-state index contributed by atoms with van der Waals surface area (Å²) in [6.45, 7) is -0.0860. The van der Waals surface area contributed by atoms with Gasteiger partial charge in [-0.1, -0.05) is 18.2 Å². The smallest absolute Gasteiger partial charge is 0.405 e. The Morgan fingerprint density at radius 1 is 1.25 bits per heavy atom. The SMILES string of the molecule is COCC(NC(=O)O)C(=O)Nc1nc(-c2cccc(-c3ccncn3)c2)cs1. The van der Waals surface area contributed by atoms with Gasteiger partial charge in [0.15, 0.2) is 5.13 Å². The Hall–Kier alpha value is -3.37. The lowest BCUT2D eigenvalue weighted by molar-refractivity contribution is -0.119. The molecule has 0 saturated carbocycles. The van der Waals surface area contributed by atoms with Gasteiger partial charge in [0.05, 0.1) is 18.0 Å². The molecule has 28 heavy (non-hydrogen) atoms. The number of carboxylic acid groups (broad SMARTS) is 1. The topological polar surface area (TPSA) is 126 Å². The molecule has 10 heteroatoms. The van der Waals surface area contributed by atoms with Crippen molar-refractivity contribution < 1.29 is 19.4 Å². The standard InChI is InChI=1S/C18H17N5O4S/c1-27-8-14(22-18(25)26)16(24)23-17-21-15(9-28-17)12-4-2-3-11(7-12)13-5-6-19-10-20-13/h2-7,9-10,14,22H,8H2,1H3,(H,25,26)(H,21,23,24). The molecule has 3 rings (SSSR count). The number of anilines is 1. The third-order valence-corrected chi connectivity index (χ3v) is 4.48. The zero-order valence-corrected chi connectivity index (χ0v) is 15.6. The van der Waals surface area contributed by atoms with Crippen molar-refractivity contribution in [1.29, 1.82) is 0 Å². The lowest BCUT2D eigenvalue weighted by atomic mass is 10.1. The molecule has 2 heterocycles. The molecule has 0 aliphatic rings. The van der Waals surface area contributed by atoms with Gasteiger partial charge in [0.2, 0.25) is 0 Å². The molecule has 0 spiro atoms. The van der Waals surface area contributed by atoms with Crippen LogP contribution in [0.1, 0.15) is 0 Å². The van der Waals surface area contributed by atoms with Crippen LogP contribution in [-0.4, -0.2) is 51.8 Å². The van der Waals surface area contributed by atoms with Gasteiger partial charge < -0.3 is 20.5 Å². The van der Waals surface area contributed by atoms with Gasteiger partial charge >= 0.3 is 6.09 Å². The van der Waals surface area contributed by atoms with E-state index >= 15 is 0 Å². The lowest BCUT2D eigenvalue weighted by Crippen LogP contribution is -2.46. The highest BCUT2D eigenvalue weighted by molar-refractivity contribution is 7.14. The van der Waals surface area contributed by atoms with Gasteiger partial charge in [-0.15, -0.1) is 11.3 Å². The Labute approximate surface area is 164 Å². The van der Waals surface area contributed by atoms with Crippen molar-refractivity contribution in [3.63, 3.8) is 0 Å². The fourth-order valence-corrected chi connectivity index (χ4v) is 3.18. The van der Waals surface area contributed by atoms with E-state index in [9.17, 15) is 9.59 Å². The minimum absolute atomic E-state index is 0.0860. The first-order chi connectivity index (χ1) is 13.6. The first-order valence-electron chi connectivity index (χ1n) is 8.18. The highest BCUT2D eigenvalue weighted by atomic mass is 32.1. The summed E-state index contributed by atoms with van der Waals surface area (Å²) in [6, 6.07) is 8.48. The number of aromatic nitrogens is 3. The molecule has 1 atom stereocenters. The Kier molecular flexibility index (Phi) is 6.25. The molecular weight excluding hydrogens is 382 g/mol. The Morgan fingerprint density at radius 3 is 2.71 bits per heavy atom. The Bertz CT molecular complexity index is 963. The van der Waals surface area contributed by atoms with Crippen molar-refractivity contribution >= 4 is 28.5 Å². The van der Waals surface area contributed by atoms with Crippen LogP contribution in [0.2, 0.25) is 0 Å². The van der Waals surface area contributed by atoms with E-state index in [4.69, 9.17) is 9.84 Å². The number of benzene rings is 1. The Balaban J connectivity index is 1.75. The molecule has 0 fully saturated rings. The second kappa shape index (κ2) is 9.02. The average Bonchev–Trinajstić information content (AvgIpc) is 3.16. The zero-order chi connectivity index (χ0) is 19.9. The van der Waals surface area contributed by atoms with Crippen molar-refractivity contribution in [1.82, 2.24) is 20.3 Å². The van der Waals surface area contributed by atoms with Gasteiger partial charge in [-0.2, -0.15) is 0 Å². The van der Waals surface area contributed by atoms with Crippen LogP contribution in [0.5, 0.6) is 0 Å². The number of nitrogens with one attached hydrogen (secondary N) is 2. The van der Waals surface area contributed by atoms with E-state index in [1.165, 1.54) is 24.8 Å². The van der Waals surface area contributed by atoms with Crippen molar-refractivity contribution in [3.05, 3.63) is 48.2 Å². The minimum Gasteiger partial charge on any atom is -0.465 e. The number of hydrogen-bond donors (Lipinski definition) is 3. The van der Waals surface area contributed by atoms with E-state index in [2.05, 4.69) is 25.6 Å². The number of methoxy groups -OCH3 is 1. The quantitative estimate of drug-likeness (QED) is 0.557. The van der Waals surface area contributed by atoms with E-state index in [1.807, 2.05) is 35.7 Å². The molecule has 3 N–H and O–H groups in total. The summed E-state index contributed by atoms with van der Waals surface area (Å²) >= 11 is 1.24. The third-order valence-electron chi connectivity index (χ3n) is 3.72. The molecule has 2 aromatic heterocycles. The predicted octanol–water partition coefficient (Wildman–Crippen LogP) is 2.49. The van der Waals surface area contributed by atoms with Crippen LogP contribution < -0.4 is 10.6 Å². The number of amides is 2. The molecule has 0 bridgehead atoms. The third kappa shape index (κ3) is 4.87. The lowest BCUT2D eigenvalue weighted by Gasteiger charge is -2.14. The van der Waals surface area contributed by atoms with E-state index < -0.39 is 18.0 Å². The summed E-state index contributed by atoms with van der Waals surface area (Å²) in [5.74, 6) is -0.542. The fourth-order valence-electron chi connectivity index (χ4n) is 2.45. The summed E-state index contributed by atoms with van der Waals surface area (Å²) in [6.07, 6.45) is 1.85. The van der Waals surface area contributed by atoms with Gasteiger partial charge in [-0.05, 0) is 12.1 Å². The molecule has 1 aromatic carbocycles. The first-order valence-corrected chi connectivity index (χ1v) is 9.06. The fraction of sp³-hybridized carbons (Fsp3) is 0.167. The predicted molar refractivity (Wildman–Crippen MR) is 104 cm³/mol. The van der Waals surface area contributed by atoms with Crippen molar-refractivity contribution in [2.75, 3.05) is 19.0 Å². The maximum Gasteiger partial charge on any atom is 0.405 e. The monoisotopic (exact) mass is 399 g/mol. The van der Waals surface area contributed by atoms with Crippen LogP contribution in [0, 0.1) is 0 Å². The number of carbonyl (C=O) groups excluding carboxylic acids is 1. The molecule has 1 unspecified atom stereocenters. The van der Waals surface area contributed by atoms with Gasteiger partial charge in [0, 0.05) is 29.8 Å². The molecule has 3 aromatic rings.